The van der Waals surface area contributed by atoms with Gasteiger partial charge in [-0.05, 0) is 57.9 Å². The minimum absolute atomic E-state index is 0.182. The Balaban J connectivity index is 0.000000759. The highest BCUT2D eigenvalue weighted by Gasteiger charge is 2.36. The molecular formula is C27H55N3O3. The van der Waals surface area contributed by atoms with Gasteiger partial charge in [0, 0.05) is 44.0 Å². The smallest absolute Gasteiger partial charge is 0.207 e. The van der Waals surface area contributed by atoms with E-state index in [2.05, 4.69) is 69.7 Å². The summed E-state index contributed by atoms with van der Waals surface area (Å²) in [6.45, 7) is 20.9. The summed E-state index contributed by atoms with van der Waals surface area (Å²) in [7, 11) is 1.72. The standard InChI is InChI=1S/C18H36N2O2.C5H9NO.C4H10/c1-6-7-8-9-15(2)18(21)20-12-11-19(14-17(20)4)16(3)10-13-22-5;1-5(2-3-5)6-4-7;1-4(2)3/h10,15,17-18,21H,6-9,11-14H2,1-5H3;4H,2-3H2,1H3,(H,6,7);4H,1-3H3/b16-10+;;. The van der Waals surface area contributed by atoms with Crippen molar-refractivity contribution in [1.82, 2.24) is 15.1 Å². The van der Waals surface area contributed by atoms with E-state index < -0.39 is 0 Å². The van der Waals surface area contributed by atoms with E-state index >= 15 is 0 Å². The summed E-state index contributed by atoms with van der Waals surface area (Å²) >= 11 is 0. The van der Waals surface area contributed by atoms with Crippen LogP contribution >= 0.6 is 0 Å². The molecule has 3 unspecified atom stereocenters. The minimum atomic E-state index is -0.308. The Morgan fingerprint density at radius 2 is 1.82 bits per heavy atom. The maximum atomic E-state index is 10.7. The Morgan fingerprint density at radius 3 is 2.24 bits per heavy atom. The van der Waals surface area contributed by atoms with E-state index in [9.17, 15) is 9.90 Å². The van der Waals surface area contributed by atoms with Crippen LogP contribution in [0, 0.1) is 11.8 Å². The molecule has 1 aliphatic carbocycles. The van der Waals surface area contributed by atoms with Crippen LogP contribution in [0.3, 0.4) is 0 Å². The third-order valence-corrected chi connectivity index (χ3v) is 6.24. The Labute approximate surface area is 205 Å². The van der Waals surface area contributed by atoms with Gasteiger partial charge in [-0.2, -0.15) is 0 Å². The molecule has 3 atom stereocenters. The predicted octanol–water partition coefficient (Wildman–Crippen LogP) is 5.02. The first-order valence-electron chi connectivity index (χ1n) is 13.1. The van der Waals surface area contributed by atoms with Gasteiger partial charge in [0.2, 0.25) is 6.41 Å². The van der Waals surface area contributed by atoms with Crippen LogP contribution < -0.4 is 5.32 Å². The van der Waals surface area contributed by atoms with Crippen LogP contribution in [0.25, 0.3) is 0 Å². The zero-order chi connectivity index (χ0) is 25.4. The Morgan fingerprint density at radius 1 is 1.21 bits per heavy atom. The number of nitrogens with one attached hydrogen (secondary N) is 1. The summed E-state index contributed by atoms with van der Waals surface area (Å²) in [5.74, 6) is 1.19. The number of aliphatic hydroxyl groups excluding tert-OH is 1. The van der Waals surface area contributed by atoms with E-state index in [1.165, 1.54) is 25.0 Å². The quantitative estimate of drug-likeness (QED) is 0.328. The molecule has 0 aromatic carbocycles. The number of carbonyl (C=O) groups excluding carboxylic acids is 1. The van der Waals surface area contributed by atoms with E-state index in [1.807, 2.05) is 6.92 Å². The second kappa shape index (κ2) is 17.3. The monoisotopic (exact) mass is 469 g/mol. The van der Waals surface area contributed by atoms with Gasteiger partial charge in [0.25, 0.3) is 0 Å². The second-order valence-corrected chi connectivity index (χ2v) is 10.8. The van der Waals surface area contributed by atoms with Crippen LogP contribution in [0.2, 0.25) is 0 Å². The first-order valence-corrected chi connectivity index (χ1v) is 13.1. The van der Waals surface area contributed by atoms with Gasteiger partial charge in [0.15, 0.2) is 0 Å². The van der Waals surface area contributed by atoms with Crippen LogP contribution in [0.5, 0.6) is 0 Å². The molecule has 0 spiro atoms. The molecule has 1 heterocycles. The van der Waals surface area contributed by atoms with Gasteiger partial charge in [0.1, 0.15) is 6.23 Å². The van der Waals surface area contributed by atoms with Gasteiger partial charge in [-0.25, -0.2) is 0 Å². The van der Waals surface area contributed by atoms with Gasteiger partial charge in [0.05, 0.1) is 6.61 Å². The molecule has 0 bridgehead atoms. The lowest BCUT2D eigenvalue weighted by molar-refractivity contribution is -0.110. The molecule has 196 valence electrons. The fourth-order valence-corrected chi connectivity index (χ4v) is 3.68. The number of ether oxygens (including phenoxy) is 1. The molecule has 6 nitrogen and oxygen atoms in total. The van der Waals surface area contributed by atoms with Crippen molar-refractivity contribution in [1.29, 1.82) is 0 Å². The summed E-state index contributed by atoms with van der Waals surface area (Å²) in [4.78, 5) is 14.4. The number of carbonyl (C=O) groups is 1. The zero-order valence-electron chi connectivity index (χ0n) is 23.2. The molecule has 0 radical (unpaired) electrons. The molecule has 1 amide bonds. The fourth-order valence-electron chi connectivity index (χ4n) is 3.68. The molecular weight excluding hydrogens is 414 g/mol. The summed E-state index contributed by atoms with van der Waals surface area (Å²) in [6, 6.07) is 0.378. The largest absolute Gasteiger partial charge is 0.381 e. The lowest BCUT2D eigenvalue weighted by atomic mass is 9.99. The Hall–Kier alpha value is -1.11. The number of methoxy groups -OCH3 is 1. The van der Waals surface area contributed by atoms with E-state index in [0.29, 0.717) is 18.6 Å². The van der Waals surface area contributed by atoms with E-state index in [4.69, 9.17) is 4.74 Å². The molecule has 0 aromatic rings. The number of allylic oxidation sites excluding steroid dienone is 1. The molecule has 0 aromatic heterocycles. The molecule has 1 saturated heterocycles. The van der Waals surface area contributed by atoms with Gasteiger partial charge >= 0.3 is 0 Å². The summed E-state index contributed by atoms with van der Waals surface area (Å²) in [5, 5.41) is 13.4. The Kier molecular flexibility index (Phi) is 16.8. The van der Waals surface area contributed by atoms with Crippen molar-refractivity contribution < 1.29 is 14.6 Å². The molecule has 1 aliphatic heterocycles. The minimum Gasteiger partial charge on any atom is -0.381 e. The van der Waals surface area contributed by atoms with Gasteiger partial charge in [-0.1, -0.05) is 53.9 Å². The maximum absolute atomic E-state index is 10.7. The van der Waals surface area contributed by atoms with Gasteiger partial charge in [-0.3, -0.25) is 9.69 Å². The molecule has 2 fully saturated rings. The number of rotatable bonds is 11. The van der Waals surface area contributed by atoms with Crippen molar-refractivity contribution in [2.45, 2.75) is 112 Å². The summed E-state index contributed by atoms with van der Waals surface area (Å²) in [5.41, 5.74) is 1.46. The van der Waals surface area contributed by atoms with Crippen LogP contribution in [-0.4, -0.2) is 72.5 Å². The van der Waals surface area contributed by atoms with Gasteiger partial charge in [-0.15, -0.1) is 0 Å². The summed E-state index contributed by atoms with van der Waals surface area (Å²) < 4.78 is 5.11. The molecule has 6 heteroatoms. The predicted molar refractivity (Wildman–Crippen MR) is 140 cm³/mol. The number of hydrogen-bond donors (Lipinski definition) is 2. The SMILES string of the molecule is CC(C)C.CC1(NC=O)CC1.CCCCCC(C)C(O)N1CCN(/C(C)=C/COC)CC1C. The molecule has 2 N–H and O–H groups in total. The number of unbranched alkanes of at least 4 members (excludes halogenated alkanes) is 2. The maximum Gasteiger partial charge on any atom is 0.207 e. The molecule has 1 saturated carbocycles. The number of amides is 1. The van der Waals surface area contributed by atoms with Gasteiger partial charge < -0.3 is 20.1 Å². The van der Waals surface area contributed by atoms with Crippen molar-refractivity contribution >= 4 is 6.41 Å². The first kappa shape index (κ1) is 31.9. The third kappa shape index (κ3) is 14.7. The normalized spacial score (nSPS) is 21.8. The second-order valence-electron chi connectivity index (χ2n) is 10.8. The van der Waals surface area contributed by atoms with Crippen LogP contribution in [0.1, 0.15) is 93.9 Å². The van der Waals surface area contributed by atoms with Crippen molar-refractivity contribution in [3.8, 4) is 0 Å². The Bertz CT molecular complexity index is 532. The van der Waals surface area contributed by atoms with Crippen LogP contribution in [0.15, 0.2) is 11.8 Å². The van der Waals surface area contributed by atoms with E-state index in [-0.39, 0.29) is 11.8 Å². The van der Waals surface area contributed by atoms with Crippen LogP contribution in [0.4, 0.5) is 0 Å². The van der Waals surface area contributed by atoms with Crippen LogP contribution in [-0.2, 0) is 9.53 Å². The first-order chi connectivity index (χ1) is 15.5. The molecule has 2 rings (SSSR count). The van der Waals surface area contributed by atoms with E-state index in [0.717, 1.165) is 51.2 Å². The fraction of sp³-hybridized carbons (Fsp3) is 0.889. The molecule has 2 aliphatic rings. The number of nitrogens with zero attached hydrogens (tertiary/aromatic N) is 2. The number of hydrogen-bond acceptors (Lipinski definition) is 5. The third-order valence-electron chi connectivity index (χ3n) is 6.24. The average Bonchev–Trinajstić information content (AvgIpc) is 3.48. The van der Waals surface area contributed by atoms with Crippen molar-refractivity contribution in [2.75, 3.05) is 33.4 Å². The van der Waals surface area contributed by atoms with Crippen molar-refractivity contribution in [3.63, 3.8) is 0 Å². The lowest BCUT2D eigenvalue weighted by Crippen LogP contribution is -2.56. The lowest BCUT2D eigenvalue weighted by Gasteiger charge is -2.44. The molecule has 33 heavy (non-hydrogen) atoms. The topological polar surface area (TPSA) is 65.0 Å². The number of aliphatic hydroxyl groups is 1. The van der Waals surface area contributed by atoms with E-state index in [1.54, 1.807) is 7.11 Å². The highest BCUT2D eigenvalue weighted by Crippen LogP contribution is 2.33. The zero-order valence-corrected chi connectivity index (χ0v) is 23.2. The van der Waals surface area contributed by atoms with Crippen molar-refractivity contribution in [3.05, 3.63) is 11.8 Å². The number of piperazine rings is 1. The summed E-state index contributed by atoms with van der Waals surface area (Å²) in [6.07, 6.45) is 9.74. The van der Waals surface area contributed by atoms with Crippen molar-refractivity contribution in [2.24, 2.45) is 11.8 Å². The average molecular weight is 470 g/mol. The highest BCUT2D eigenvalue weighted by atomic mass is 16.5. The highest BCUT2D eigenvalue weighted by molar-refractivity contribution is 5.48.